The molecule has 0 N–H and O–H groups in total. The number of urea groups is 1. The summed E-state index contributed by atoms with van der Waals surface area (Å²) < 4.78 is 28.7. The van der Waals surface area contributed by atoms with Gasteiger partial charge in [-0.25, -0.2) is 9.10 Å². The van der Waals surface area contributed by atoms with Gasteiger partial charge in [-0.05, 0) is 48.2 Å². The van der Waals surface area contributed by atoms with Gasteiger partial charge in [-0.3, -0.25) is 9.58 Å². The molecule has 0 bridgehead atoms. The van der Waals surface area contributed by atoms with Crippen LogP contribution in [0.2, 0.25) is 20.1 Å². The zero-order chi connectivity index (χ0) is 23.9. The van der Waals surface area contributed by atoms with E-state index >= 15 is 0 Å². The van der Waals surface area contributed by atoms with Crippen molar-refractivity contribution in [3.63, 3.8) is 0 Å². The van der Waals surface area contributed by atoms with Gasteiger partial charge in [0.05, 0.1) is 6.20 Å². The van der Waals surface area contributed by atoms with E-state index in [1.807, 2.05) is 0 Å². The Morgan fingerprint density at radius 2 is 1.42 bits per heavy atom. The minimum atomic E-state index is -4.11. The Labute approximate surface area is 211 Å². The zero-order valence-electron chi connectivity index (χ0n) is 17.3. The van der Waals surface area contributed by atoms with Gasteiger partial charge in [0.2, 0.25) is 0 Å². The molecule has 0 aliphatic carbocycles. The van der Waals surface area contributed by atoms with Gasteiger partial charge in [0, 0.05) is 40.2 Å². The van der Waals surface area contributed by atoms with E-state index in [-0.39, 0.29) is 30.2 Å². The van der Waals surface area contributed by atoms with Gasteiger partial charge in [0.1, 0.15) is 5.69 Å². The standard InChI is InChI=1S/C21H18Cl4N4O3S/c1-27-20-19(12-26-27)28(8-6-13-2-4-15(22)10-17(13)24)21(30)29(33(20,31)32)9-7-14-3-5-16(23)11-18(14)25/h2-5,10-12H,6-9H2,1H3. The Hall–Kier alpha value is -1.97. The SMILES string of the molecule is Cn1ncc2c1S(=O)(=O)N(CCc1ccc(Cl)cc1Cl)C(=O)N2CCc1ccc(Cl)cc1Cl. The second-order valence-corrected chi connectivity index (χ2v) is 10.9. The molecule has 0 radical (unpaired) electrons. The normalized spacial score (nSPS) is 15.1. The Bertz CT molecular complexity index is 1340. The molecule has 12 heteroatoms. The Balaban J connectivity index is 1.64. The molecule has 33 heavy (non-hydrogen) atoms. The van der Waals surface area contributed by atoms with Gasteiger partial charge in [0.25, 0.3) is 10.0 Å². The lowest BCUT2D eigenvalue weighted by atomic mass is 10.1. The van der Waals surface area contributed by atoms with Crippen molar-refractivity contribution in [1.82, 2.24) is 14.1 Å². The molecule has 4 rings (SSSR count). The minimum absolute atomic E-state index is 0.0495. The zero-order valence-corrected chi connectivity index (χ0v) is 21.1. The van der Waals surface area contributed by atoms with E-state index in [2.05, 4.69) is 5.10 Å². The number of fused-ring (bicyclic) bond motifs is 1. The van der Waals surface area contributed by atoms with Crippen LogP contribution in [0.5, 0.6) is 0 Å². The molecule has 1 aliphatic rings. The molecule has 2 aromatic carbocycles. The number of hydrogen-bond acceptors (Lipinski definition) is 4. The molecule has 7 nitrogen and oxygen atoms in total. The predicted octanol–water partition coefficient (Wildman–Crippen LogP) is 5.45. The van der Waals surface area contributed by atoms with E-state index in [0.717, 1.165) is 9.87 Å². The maximum atomic E-state index is 13.4. The van der Waals surface area contributed by atoms with Crippen molar-refractivity contribution < 1.29 is 13.2 Å². The Morgan fingerprint density at radius 3 is 1.97 bits per heavy atom. The molecule has 3 aromatic rings. The van der Waals surface area contributed by atoms with Crippen LogP contribution in [0.1, 0.15) is 11.1 Å². The van der Waals surface area contributed by atoms with Crippen LogP contribution in [0.25, 0.3) is 0 Å². The fraction of sp³-hybridized carbons (Fsp3) is 0.238. The number of amides is 2. The number of hydrogen-bond donors (Lipinski definition) is 0. The predicted molar refractivity (Wildman–Crippen MR) is 130 cm³/mol. The number of halogens is 4. The highest BCUT2D eigenvalue weighted by Crippen LogP contribution is 2.35. The van der Waals surface area contributed by atoms with Crippen LogP contribution in [-0.2, 0) is 29.9 Å². The first-order valence-electron chi connectivity index (χ1n) is 9.83. The lowest BCUT2D eigenvalue weighted by Gasteiger charge is -2.34. The van der Waals surface area contributed by atoms with Crippen LogP contribution in [-0.4, -0.2) is 41.6 Å². The molecule has 0 fully saturated rings. The van der Waals surface area contributed by atoms with Crippen LogP contribution in [0, 0.1) is 0 Å². The summed E-state index contributed by atoms with van der Waals surface area (Å²) in [7, 11) is -2.59. The molecule has 0 spiro atoms. The molecule has 0 saturated carbocycles. The van der Waals surface area contributed by atoms with E-state index in [1.54, 1.807) is 36.4 Å². The molecule has 0 atom stereocenters. The minimum Gasteiger partial charge on any atom is -0.289 e. The number of carbonyl (C=O) groups excluding carboxylic acids is 1. The number of aryl methyl sites for hydroxylation is 1. The number of rotatable bonds is 6. The third kappa shape index (κ3) is 4.68. The smallest absolute Gasteiger partial charge is 0.289 e. The van der Waals surface area contributed by atoms with Gasteiger partial charge >= 0.3 is 6.03 Å². The summed E-state index contributed by atoms with van der Waals surface area (Å²) in [4.78, 5) is 14.8. The lowest BCUT2D eigenvalue weighted by Crippen LogP contribution is -2.52. The third-order valence-electron chi connectivity index (χ3n) is 5.35. The molecule has 2 amide bonds. The molecular formula is C21H18Cl4N4O3S. The van der Waals surface area contributed by atoms with E-state index in [0.29, 0.717) is 32.1 Å². The average molecular weight is 548 g/mol. The molecule has 1 aromatic heterocycles. The van der Waals surface area contributed by atoms with Crippen LogP contribution in [0.4, 0.5) is 10.5 Å². The topological polar surface area (TPSA) is 75.5 Å². The quantitative estimate of drug-likeness (QED) is 0.411. The average Bonchev–Trinajstić information content (AvgIpc) is 3.12. The van der Waals surface area contributed by atoms with Crippen LogP contribution >= 0.6 is 46.4 Å². The summed E-state index contributed by atoms with van der Waals surface area (Å²) in [5, 5.41) is 5.88. The van der Waals surface area contributed by atoms with Crippen molar-refractivity contribution in [3.8, 4) is 0 Å². The fourth-order valence-corrected chi connectivity index (χ4v) is 6.34. The number of nitrogens with zero attached hydrogens (tertiary/aromatic N) is 4. The van der Waals surface area contributed by atoms with E-state index in [9.17, 15) is 13.2 Å². The molecule has 0 saturated heterocycles. The third-order valence-corrected chi connectivity index (χ3v) is 8.41. The van der Waals surface area contributed by atoms with Gasteiger partial charge in [-0.15, -0.1) is 0 Å². The maximum absolute atomic E-state index is 13.4. The summed E-state index contributed by atoms with van der Waals surface area (Å²) in [5.41, 5.74) is 1.69. The fourth-order valence-electron chi connectivity index (χ4n) is 3.68. The molecule has 1 aliphatic heterocycles. The lowest BCUT2D eigenvalue weighted by molar-refractivity contribution is 0.227. The van der Waals surface area contributed by atoms with Crippen LogP contribution < -0.4 is 4.90 Å². The molecule has 174 valence electrons. The second-order valence-electron chi connectivity index (χ2n) is 7.44. The van der Waals surface area contributed by atoms with Crippen molar-refractivity contribution >= 4 is 68.1 Å². The number of carbonyl (C=O) groups is 1. The first-order valence-corrected chi connectivity index (χ1v) is 12.8. The van der Waals surface area contributed by atoms with Crippen LogP contribution in [0.15, 0.2) is 47.6 Å². The largest absolute Gasteiger partial charge is 0.338 e. The summed E-state index contributed by atoms with van der Waals surface area (Å²) in [6.45, 7) is 0.109. The summed E-state index contributed by atoms with van der Waals surface area (Å²) in [6.07, 6.45) is 2.00. The number of sulfonamides is 1. The highest BCUT2D eigenvalue weighted by molar-refractivity contribution is 7.89. The summed E-state index contributed by atoms with van der Waals surface area (Å²) >= 11 is 24.4. The van der Waals surface area contributed by atoms with Crippen molar-refractivity contribution in [2.45, 2.75) is 17.9 Å². The van der Waals surface area contributed by atoms with Gasteiger partial charge in [0.15, 0.2) is 5.03 Å². The molecule has 0 unspecified atom stereocenters. The molecule has 2 heterocycles. The van der Waals surface area contributed by atoms with Gasteiger partial charge in [-0.1, -0.05) is 58.5 Å². The summed E-state index contributed by atoms with van der Waals surface area (Å²) in [5.74, 6) is 0. The van der Waals surface area contributed by atoms with Crippen molar-refractivity contribution in [2.24, 2.45) is 7.05 Å². The number of anilines is 1. The highest BCUT2D eigenvalue weighted by Gasteiger charge is 2.43. The summed E-state index contributed by atoms with van der Waals surface area (Å²) in [6, 6.07) is 9.40. The second kappa shape index (κ2) is 9.35. The van der Waals surface area contributed by atoms with Crippen molar-refractivity contribution in [3.05, 3.63) is 73.8 Å². The van der Waals surface area contributed by atoms with Crippen molar-refractivity contribution in [2.75, 3.05) is 18.0 Å². The first-order chi connectivity index (χ1) is 15.6. The Morgan fingerprint density at radius 1 is 0.879 bits per heavy atom. The van der Waals surface area contributed by atoms with E-state index in [1.165, 1.54) is 22.8 Å². The maximum Gasteiger partial charge on any atom is 0.338 e. The highest BCUT2D eigenvalue weighted by atomic mass is 35.5. The van der Waals surface area contributed by atoms with Gasteiger partial charge < -0.3 is 0 Å². The molecular weight excluding hydrogens is 530 g/mol. The number of benzene rings is 2. The Kier molecular flexibility index (Phi) is 6.85. The van der Waals surface area contributed by atoms with E-state index < -0.39 is 16.1 Å². The van der Waals surface area contributed by atoms with Crippen molar-refractivity contribution in [1.29, 1.82) is 0 Å². The number of aromatic nitrogens is 2. The first kappa shape index (κ1) is 24.2. The monoisotopic (exact) mass is 546 g/mol. The van der Waals surface area contributed by atoms with E-state index in [4.69, 9.17) is 46.4 Å². The van der Waals surface area contributed by atoms with Crippen LogP contribution in [0.3, 0.4) is 0 Å². The van der Waals surface area contributed by atoms with Gasteiger partial charge in [-0.2, -0.15) is 13.5 Å².